The van der Waals surface area contributed by atoms with Crippen molar-refractivity contribution in [3.63, 3.8) is 0 Å². The van der Waals surface area contributed by atoms with E-state index in [4.69, 9.17) is 16.0 Å². The molecule has 1 aromatic heterocycles. The van der Waals surface area contributed by atoms with Crippen molar-refractivity contribution in [2.45, 2.75) is 25.7 Å². The Kier molecular flexibility index (Phi) is 5.70. The van der Waals surface area contributed by atoms with Crippen molar-refractivity contribution in [3.05, 3.63) is 91.6 Å². The van der Waals surface area contributed by atoms with Crippen molar-refractivity contribution >= 4 is 54.8 Å². The second-order valence-electron chi connectivity index (χ2n) is 7.39. The quantitative estimate of drug-likeness (QED) is 0.381. The molecule has 32 heavy (non-hydrogen) atoms. The summed E-state index contributed by atoms with van der Waals surface area (Å²) < 4.78 is 34.1. The zero-order valence-corrected chi connectivity index (χ0v) is 19.8. The predicted octanol–water partition coefficient (Wildman–Crippen LogP) is 5.47. The van der Waals surface area contributed by atoms with Gasteiger partial charge in [0.05, 0.1) is 15.3 Å². The molecule has 0 radical (unpaired) electrons. The molecule has 1 heterocycles. The summed E-state index contributed by atoms with van der Waals surface area (Å²) >= 11 is 6.78. The SMILES string of the molecule is Cc1cc(C)c(S(=O)(=O)N(C(=O)c2ccc(Cl)cc2)c2ccc3oc(=O)sc3c2)c(C)c1. The lowest BCUT2D eigenvalue weighted by Crippen LogP contribution is -2.37. The zero-order valence-electron chi connectivity index (χ0n) is 17.4. The highest BCUT2D eigenvalue weighted by Crippen LogP contribution is 2.33. The van der Waals surface area contributed by atoms with Crippen LogP contribution in [-0.2, 0) is 10.0 Å². The van der Waals surface area contributed by atoms with Crippen LogP contribution < -0.4 is 9.24 Å². The fourth-order valence-corrected chi connectivity index (χ4v) is 6.38. The number of nitrogens with zero attached hydrogens (tertiary/aromatic N) is 1. The maximum absolute atomic E-state index is 13.9. The molecule has 0 saturated carbocycles. The van der Waals surface area contributed by atoms with Gasteiger partial charge in [-0.05, 0) is 74.4 Å². The molecule has 0 unspecified atom stereocenters. The molecular formula is C23H18ClNO5S2. The fraction of sp³-hybridized carbons (Fsp3) is 0.130. The highest BCUT2D eigenvalue weighted by molar-refractivity contribution is 7.93. The molecule has 0 fully saturated rings. The first-order valence-corrected chi connectivity index (χ1v) is 12.2. The first kappa shape index (κ1) is 22.3. The number of hydrogen-bond acceptors (Lipinski definition) is 6. The number of anilines is 1. The van der Waals surface area contributed by atoms with Crippen LogP contribution in [0.5, 0.6) is 0 Å². The first-order chi connectivity index (χ1) is 15.1. The van der Waals surface area contributed by atoms with Crippen molar-refractivity contribution in [3.8, 4) is 0 Å². The van der Waals surface area contributed by atoms with Gasteiger partial charge in [-0.3, -0.25) is 4.79 Å². The normalized spacial score (nSPS) is 11.6. The molecule has 1 amide bonds. The number of carbonyl (C=O) groups is 1. The van der Waals surface area contributed by atoms with Crippen molar-refractivity contribution in [1.29, 1.82) is 0 Å². The number of amides is 1. The van der Waals surface area contributed by atoms with Gasteiger partial charge < -0.3 is 4.42 Å². The average Bonchev–Trinajstić information content (AvgIpc) is 3.06. The maximum Gasteiger partial charge on any atom is 0.396 e. The first-order valence-electron chi connectivity index (χ1n) is 9.55. The number of benzene rings is 3. The summed E-state index contributed by atoms with van der Waals surface area (Å²) in [7, 11) is -4.30. The molecule has 0 N–H and O–H groups in total. The Morgan fingerprint density at radius 2 is 1.59 bits per heavy atom. The minimum atomic E-state index is -4.30. The monoisotopic (exact) mass is 487 g/mol. The molecular weight excluding hydrogens is 470 g/mol. The van der Waals surface area contributed by atoms with Crippen LogP contribution >= 0.6 is 22.9 Å². The van der Waals surface area contributed by atoms with Crippen LogP contribution in [0.25, 0.3) is 10.3 Å². The Morgan fingerprint density at radius 1 is 0.969 bits per heavy atom. The number of sulfonamides is 1. The Balaban J connectivity index is 1.97. The molecule has 0 atom stereocenters. The molecule has 9 heteroatoms. The minimum absolute atomic E-state index is 0.0610. The fourth-order valence-electron chi connectivity index (χ4n) is 3.73. The Bertz CT molecular complexity index is 1500. The maximum atomic E-state index is 13.9. The van der Waals surface area contributed by atoms with E-state index in [1.54, 1.807) is 26.0 Å². The summed E-state index contributed by atoms with van der Waals surface area (Å²) in [5.74, 6) is -0.740. The van der Waals surface area contributed by atoms with E-state index in [-0.39, 0.29) is 16.1 Å². The lowest BCUT2D eigenvalue weighted by Gasteiger charge is -2.25. The van der Waals surface area contributed by atoms with E-state index in [9.17, 15) is 18.0 Å². The highest BCUT2D eigenvalue weighted by atomic mass is 35.5. The average molecular weight is 488 g/mol. The van der Waals surface area contributed by atoms with Gasteiger partial charge in [0.15, 0.2) is 0 Å². The van der Waals surface area contributed by atoms with Crippen LogP contribution in [0.1, 0.15) is 27.0 Å². The van der Waals surface area contributed by atoms with Crippen LogP contribution in [0.15, 0.2) is 68.7 Å². The molecule has 0 saturated heterocycles. The summed E-state index contributed by atoms with van der Waals surface area (Å²) in [6.07, 6.45) is 0. The number of aryl methyl sites for hydroxylation is 3. The van der Waals surface area contributed by atoms with Crippen LogP contribution in [0.2, 0.25) is 5.02 Å². The summed E-state index contributed by atoms with van der Waals surface area (Å²) in [6, 6.07) is 13.9. The number of carbonyl (C=O) groups excluding carboxylic acids is 1. The van der Waals surface area contributed by atoms with Crippen LogP contribution in [0.4, 0.5) is 5.69 Å². The standard InChI is InChI=1S/C23H18ClNO5S2/c1-13-10-14(2)21(15(3)11-13)32(28,29)25(22(26)16-4-6-17(24)7-5-16)18-8-9-19-20(12-18)31-23(27)30-19/h4-12H,1-3H3. The van der Waals surface area contributed by atoms with Gasteiger partial charge in [-0.1, -0.05) is 40.6 Å². The summed E-state index contributed by atoms with van der Waals surface area (Å²) in [5, 5.41) is 0.422. The van der Waals surface area contributed by atoms with Gasteiger partial charge in [-0.2, -0.15) is 4.31 Å². The van der Waals surface area contributed by atoms with Gasteiger partial charge in [0.2, 0.25) is 0 Å². The molecule has 4 rings (SSSR count). The van der Waals surface area contributed by atoms with Gasteiger partial charge in [-0.25, -0.2) is 13.2 Å². The van der Waals surface area contributed by atoms with Crippen LogP contribution in [-0.4, -0.2) is 14.3 Å². The third-order valence-electron chi connectivity index (χ3n) is 4.93. The third-order valence-corrected chi connectivity index (χ3v) is 7.99. The smallest absolute Gasteiger partial charge is 0.396 e. The van der Waals surface area contributed by atoms with Crippen molar-refractivity contribution in [2.24, 2.45) is 0 Å². The molecule has 0 bridgehead atoms. The number of hydrogen-bond donors (Lipinski definition) is 0. The number of fused-ring (bicyclic) bond motifs is 1. The van der Waals surface area contributed by atoms with E-state index in [0.29, 0.717) is 26.4 Å². The molecule has 0 aliphatic carbocycles. The van der Waals surface area contributed by atoms with E-state index in [1.807, 2.05) is 6.92 Å². The van der Waals surface area contributed by atoms with Gasteiger partial charge in [0.25, 0.3) is 15.9 Å². The van der Waals surface area contributed by atoms with Crippen LogP contribution in [0, 0.1) is 20.8 Å². The zero-order chi connectivity index (χ0) is 23.2. The molecule has 0 aliphatic heterocycles. The van der Waals surface area contributed by atoms with Gasteiger partial charge in [0, 0.05) is 10.6 Å². The topological polar surface area (TPSA) is 84.7 Å². The molecule has 4 aromatic rings. The second-order valence-corrected chi connectivity index (χ2v) is 10.5. The molecule has 3 aromatic carbocycles. The Labute approximate surface area is 193 Å². The van der Waals surface area contributed by atoms with Gasteiger partial charge in [-0.15, -0.1) is 0 Å². The molecule has 0 spiro atoms. The van der Waals surface area contributed by atoms with E-state index in [2.05, 4.69) is 0 Å². The Hall–Kier alpha value is -2.94. The molecule has 0 aliphatic rings. The molecule has 164 valence electrons. The van der Waals surface area contributed by atoms with E-state index < -0.39 is 20.9 Å². The number of halogens is 1. The van der Waals surface area contributed by atoms with Crippen molar-refractivity contribution in [2.75, 3.05) is 4.31 Å². The van der Waals surface area contributed by atoms with Crippen molar-refractivity contribution in [1.82, 2.24) is 0 Å². The summed E-state index contributed by atoms with van der Waals surface area (Å²) in [4.78, 5) is 24.7. The van der Waals surface area contributed by atoms with Gasteiger partial charge in [0.1, 0.15) is 5.58 Å². The summed E-state index contributed by atoms with van der Waals surface area (Å²) in [5.41, 5.74) is 2.56. The van der Waals surface area contributed by atoms with Gasteiger partial charge >= 0.3 is 4.94 Å². The molecule has 6 nitrogen and oxygen atoms in total. The van der Waals surface area contributed by atoms with E-state index >= 15 is 0 Å². The van der Waals surface area contributed by atoms with Crippen molar-refractivity contribution < 1.29 is 17.6 Å². The van der Waals surface area contributed by atoms with Crippen LogP contribution in [0.3, 0.4) is 0 Å². The van der Waals surface area contributed by atoms with E-state index in [1.165, 1.54) is 42.5 Å². The Morgan fingerprint density at radius 3 is 2.22 bits per heavy atom. The predicted molar refractivity (Wildman–Crippen MR) is 126 cm³/mol. The second kappa shape index (κ2) is 8.20. The lowest BCUT2D eigenvalue weighted by molar-refractivity contribution is 0.101. The number of rotatable bonds is 4. The van der Waals surface area contributed by atoms with E-state index in [0.717, 1.165) is 21.2 Å². The lowest BCUT2D eigenvalue weighted by atomic mass is 10.1. The third kappa shape index (κ3) is 3.97. The minimum Gasteiger partial charge on any atom is -0.414 e. The summed E-state index contributed by atoms with van der Waals surface area (Å²) in [6.45, 7) is 5.27. The largest absolute Gasteiger partial charge is 0.414 e. The highest BCUT2D eigenvalue weighted by Gasteiger charge is 2.34.